The maximum absolute atomic E-state index is 6.97. The van der Waals surface area contributed by atoms with Crippen LogP contribution in [0.3, 0.4) is 0 Å². The summed E-state index contributed by atoms with van der Waals surface area (Å²) in [5.74, 6) is 0. The van der Waals surface area contributed by atoms with Gasteiger partial charge in [0.25, 0.3) is 6.71 Å². The minimum absolute atomic E-state index is 0.0210. The van der Waals surface area contributed by atoms with Gasteiger partial charge >= 0.3 is 0 Å². The van der Waals surface area contributed by atoms with Crippen molar-refractivity contribution < 1.29 is 4.42 Å². The van der Waals surface area contributed by atoms with Gasteiger partial charge in [-0.25, -0.2) is 0 Å². The lowest BCUT2D eigenvalue weighted by Gasteiger charge is -2.50. The summed E-state index contributed by atoms with van der Waals surface area (Å²) >= 11 is 0. The summed E-state index contributed by atoms with van der Waals surface area (Å²) in [6.45, 7) is 19.4. The van der Waals surface area contributed by atoms with Crippen LogP contribution in [0.15, 0.2) is 138 Å². The minimum Gasteiger partial charge on any atom is -0.454 e. The van der Waals surface area contributed by atoms with E-state index in [0.717, 1.165) is 34.0 Å². The van der Waals surface area contributed by atoms with E-state index in [1.54, 1.807) is 0 Å². The standard InChI is InChI=1S/C60H54BN3O/c1-35-31-49-53-50(32-35)63-54-41(52-40-18-9-11-21-42(40)58(5,6)56(52)63)20-15-22-45(54)61(53)44-27-26-37(34-48(44)62(49)47-23-16-19-39-38-17-10-12-24-51(38)65-55(39)47)64-46-28-25-36(57(2,3)4)33-43(46)59(7)29-13-14-30-60(59,64)8/h9-12,15-28,31-34H,13-14,29-30H2,1-8H3. The molecule has 4 nitrogen and oxygen atoms in total. The van der Waals surface area contributed by atoms with E-state index >= 15 is 0 Å². The molecule has 1 fully saturated rings. The molecule has 2 unspecified atom stereocenters. The van der Waals surface area contributed by atoms with E-state index in [2.05, 4.69) is 203 Å². The largest absolute Gasteiger partial charge is 0.454 e. The minimum atomic E-state index is -0.184. The van der Waals surface area contributed by atoms with Gasteiger partial charge in [0.15, 0.2) is 5.58 Å². The smallest absolute Gasteiger partial charge is 0.252 e. The molecule has 2 aliphatic carbocycles. The Kier molecular flexibility index (Phi) is 7.14. The third-order valence-electron chi connectivity index (χ3n) is 17.3. The number of benzene rings is 7. The van der Waals surface area contributed by atoms with Gasteiger partial charge in [-0.2, -0.15) is 0 Å². The van der Waals surface area contributed by atoms with Gasteiger partial charge in [0.2, 0.25) is 0 Å². The van der Waals surface area contributed by atoms with Crippen LogP contribution in [0.4, 0.5) is 28.4 Å². The number of anilines is 5. The van der Waals surface area contributed by atoms with Crippen molar-refractivity contribution in [1.29, 1.82) is 0 Å². The zero-order valence-electron chi connectivity index (χ0n) is 38.9. The molecule has 318 valence electrons. The van der Waals surface area contributed by atoms with Gasteiger partial charge in [0, 0.05) is 72.2 Å². The van der Waals surface area contributed by atoms with Crippen LogP contribution in [0, 0.1) is 6.92 Å². The highest BCUT2D eigenvalue weighted by Gasteiger charge is 2.58. The van der Waals surface area contributed by atoms with E-state index in [1.165, 1.54) is 114 Å². The summed E-state index contributed by atoms with van der Waals surface area (Å²) in [4.78, 5) is 5.35. The van der Waals surface area contributed by atoms with Crippen molar-refractivity contribution >= 4 is 84.4 Å². The van der Waals surface area contributed by atoms with Crippen LogP contribution in [-0.4, -0.2) is 16.8 Å². The van der Waals surface area contributed by atoms with Crippen molar-refractivity contribution in [2.45, 2.75) is 103 Å². The average molecular weight is 844 g/mol. The average Bonchev–Trinajstić information content (AvgIpc) is 3.98. The Hall–Kier alpha value is -6.46. The van der Waals surface area contributed by atoms with Crippen LogP contribution in [0.2, 0.25) is 0 Å². The number of fused-ring (bicyclic) bond motifs is 15. The lowest BCUT2D eigenvalue weighted by molar-refractivity contribution is 0.195. The first-order valence-electron chi connectivity index (χ1n) is 24.0. The lowest BCUT2D eigenvalue weighted by Crippen LogP contribution is -2.60. The topological polar surface area (TPSA) is 24.6 Å². The van der Waals surface area contributed by atoms with E-state index in [9.17, 15) is 0 Å². The Bertz CT molecular complexity index is 3600. The molecule has 14 rings (SSSR count). The van der Waals surface area contributed by atoms with E-state index in [0.29, 0.717) is 0 Å². The molecule has 0 radical (unpaired) electrons. The summed E-state index contributed by atoms with van der Waals surface area (Å²) in [5, 5.41) is 3.64. The van der Waals surface area contributed by atoms with Gasteiger partial charge in [-0.1, -0.05) is 145 Å². The number of aryl methyl sites for hydroxylation is 1. The molecule has 7 aromatic carbocycles. The fraction of sp³-hybridized carbons (Fsp3) is 0.267. The van der Waals surface area contributed by atoms with Crippen LogP contribution in [0.25, 0.3) is 49.7 Å². The van der Waals surface area contributed by atoms with Gasteiger partial charge in [-0.15, -0.1) is 0 Å². The van der Waals surface area contributed by atoms with Crippen molar-refractivity contribution in [3.05, 3.63) is 161 Å². The zero-order chi connectivity index (χ0) is 44.1. The highest BCUT2D eigenvalue weighted by Crippen LogP contribution is 2.62. The van der Waals surface area contributed by atoms with E-state index < -0.39 is 0 Å². The SMILES string of the molecule is Cc1cc2c3c(c1)-n1c4c(c5cccc(c51)B3c1ccc(N3c5ccc(C(C)(C)C)cc5C5(C)CCCCC35C)cc1N2c1cccc2c1oc1ccccc12)-c1ccccc1C4(C)C. The Labute approximate surface area is 382 Å². The van der Waals surface area contributed by atoms with E-state index in [1.807, 2.05) is 0 Å². The fourth-order valence-corrected chi connectivity index (χ4v) is 14.0. The molecule has 0 spiro atoms. The Balaban J connectivity index is 1.08. The number of para-hydroxylation sites is 3. The predicted octanol–water partition coefficient (Wildman–Crippen LogP) is 13.8. The number of furan rings is 1. The zero-order valence-corrected chi connectivity index (χ0v) is 38.9. The maximum atomic E-state index is 6.97. The van der Waals surface area contributed by atoms with Gasteiger partial charge in [0.05, 0.1) is 11.2 Å². The molecule has 5 heteroatoms. The van der Waals surface area contributed by atoms with Crippen LogP contribution in [0.5, 0.6) is 0 Å². The van der Waals surface area contributed by atoms with Crippen molar-refractivity contribution in [2.75, 3.05) is 9.80 Å². The second kappa shape index (κ2) is 12.3. The maximum Gasteiger partial charge on any atom is 0.252 e. The van der Waals surface area contributed by atoms with Crippen molar-refractivity contribution in [3.63, 3.8) is 0 Å². The highest BCUT2D eigenvalue weighted by molar-refractivity contribution is 7.00. The number of rotatable bonds is 2. The summed E-state index contributed by atoms with van der Waals surface area (Å²) in [6, 6.07) is 51.4. The molecule has 0 N–H and O–H groups in total. The molecule has 65 heavy (non-hydrogen) atoms. The molecule has 3 aliphatic heterocycles. The van der Waals surface area contributed by atoms with Crippen molar-refractivity contribution in [2.24, 2.45) is 0 Å². The number of aromatic nitrogens is 1. The molecule has 0 saturated heterocycles. The molecular weight excluding hydrogens is 789 g/mol. The lowest BCUT2D eigenvalue weighted by atomic mass is 9.33. The first-order valence-corrected chi connectivity index (χ1v) is 24.0. The Morgan fingerprint density at radius 2 is 1.37 bits per heavy atom. The third kappa shape index (κ3) is 4.55. The summed E-state index contributed by atoms with van der Waals surface area (Å²) in [6.07, 6.45) is 4.84. The quantitative estimate of drug-likeness (QED) is 0.162. The first kappa shape index (κ1) is 37.9. The highest BCUT2D eigenvalue weighted by atomic mass is 16.3. The van der Waals surface area contributed by atoms with E-state index in [4.69, 9.17) is 4.42 Å². The predicted molar refractivity (Wildman–Crippen MR) is 274 cm³/mol. The Morgan fingerprint density at radius 1 is 0.615 bits per heavy atom. The first-order chi connectivity index (χ1) is 31.3. The van der Waals surface area contributed by atoms with Gasteiger partial charge in [-0.05, 0) is 119 Å². The molecule has 2 aromatic heterocycles. The van der Waals surface area contributed by atoms with E-state index in [-0.39, 0.29) is 28.5 Å². The van der Waals surface area contributed by atoms with Gasteiger partial charge < -0.3 is 18.8 Å². The number of hydrogen-bond acceptors (Lipinski definition) is 3. The number of hydrogen-bond donors (Lipinski definition) is 0. The molecule has 9 aromatic rings. The summed E-state index contributed by atoms with van der Waals surface area (Å²) in [7, 11) is 0. The molecule has 2 atom stereocenters. The van der Waals surface area contributed by atoms with Crippen LogP contribution in [-0.2, 0) is 16.2 Å². The molecule has 5 aliphatic rings. The van der Waals surface area contributed by atoms with Crippen molar-refractivity contribution in [1.82, 2.24) is 4.57 Å². The molecule has 0 bridgehead atoms. The Morgan fingerprint density at radius 3 is 2.23 bits per heavy atom. The van der Waals surface area contributed by atoms with Crippen LogP contribution < -0.4 is 26.2 Å². The van der Waals surface area contributed by atoms with Gasteiger partial charge in [0.1, 0.15) is 5.58 Å². The molecular formula is C60H54BN3O. The second-order valence-corrected chi connectivity index (χ2v) is 22.1. The molecule has 1 saturated carbocycles. The van der Waals surface area contributed by atoms with Crippen LogP contribution >= 0.6 is 0 Å². The van der Waals surface area contributed by atoms with Gasteiger partial charge in [-0.3, -0.25) is 0 Å². The molecule has 5 heterocycles. The second-order valence-electron chi connectivity index (χ2n) is 22.1. The third-order valence-corrected chi connectivity index (χ3v) is 17.3. The fourth-order valence-electron chi connectivity index (χ4n) is 14.0. The number of nitrogens with zero attached hydrogens (tertiary/aromatic N) is 3. The summed E-state index contributed by atoms with van der Waals surface area (Å²) < 4.78 is 9.65. The van der Waals surface area contributed by atoms with Crippen molar-refractivity contribution in [3.8, 4) is 16.8 Å². The van der Waals surface area contributed by atoms with Crippen LogP contribution in [0.1, 0.15) is 102 Å². The normalized spacial score (nSPS) is 20.8. The summed E-state index contributed by atoms with van der Waals surface area (Å²) in [5.41, 5.74) is 24.3. The molecule has 0 amide bonds. The monoisotopic (exact) mass is 843 g/mol.